The SMILES string of the molecule is CC(C)(C)OC(=O)N1CC[C@@H](NC(=O)c2c[nH]c3c(-c4c(OCC5CC5)ccc5c4OCO5)ncnc23)C1. The fourth-order valence-electron chi connectivity index (χ4n) is 4.73. The van der Waals surface area contributed by atoms with Gasteiger partial charge in [0.25, 0.3) is 5.91 Å². The number of fused-ring (bicyclic) bond motifs is 2. The molecule has 11 heteroatoms. The Morgan fingerprint density at radius 1 is 1.18 bits per heavy atom. The van der Waals surface area contributed by atoms with Crippen molar-refractivity contribution in [2.24, 2.45) is 5.92 Å². The zero-order chi connectivity index (χ0) is 26.4. The molecule has 2 amide bonds. The van der Waals surface area contributed by atoms with E-state index in [0.29, 0.717) is 77.1 Å². The van der Waals surface area contributed by atoms with Gasteiger partial charge in [-0.2, -0.15) is 0 Å². The number of nitrogens with zero attached hydrogens (tertiary/aromatic N) is 3. The van der Waals surface area contributed by atoms with Crippen LogP contribution >= 0.6 is 0 Å². The van der Waals surface area contributed by atoms with Crippen LogP contribution in [-0.2, 0) is 4.74 Å². The minimum Gasteiger partial charge on any atom is -0.492 e. The molecule has 38 heavy (non-hydrogen) atoms. The molecule has 0 bridgehead atoms. The number of aromatic amines is 1. The number of likely N-dealkylation sites (tertiary alicyclic amines) is 1. The number of carbonyl (C=O) groups is 2. The molecule has 3 aromatic rings. The van der Waals surface area contributed by atoms with Crippen molar-refractivity contribution in [1.29, 1.82) is 0 Å². The van der Waals surface area contributed by atoms with E-state index in [-0.39, 0.29) is 24.8 Å². The van der Waals surface area contributed by atoms with E-state index in [0.717, 1.165) is 0 Å². The molecule has 1 atom stereocenters. The molecule has 6 rings (SSSR count). The van der Waals surface area contributed by atoms with E-state index in [4.69, 9.17) is 18.9 Å². The highest BCUT2D eigenvalue weighted by Gasteiger charge is 2.32. The molecule has 0 radical (unpaired) electrons. The molecule has 200 valence electrons. The maximum atomic E-state index is 13.3. The summed E-state index contributed by atoms with van der Waals surface area (Å²) in [7, 11) is 0. The quantitative estimate of drug-likeness (QED) is 0.500. The van der Waals surface area contributed by atoms with Gasteiger partial charge in [-0.25, -0.2) is 14.8 Å². The van der Waals surface area contributed by atoms with Crippen LogP contribution in [-0.4, -0.2) is 70.0 Å². The lowest BCUT2D eigenvalue weighted by molar-refractivity contribution is 0.0290. The Balaban J connectivity index is 1.25. The summed E-state index contributed by atoms with van der Waals surface area (Å²) in [5.41, 5.74) is 2.15. The molecule has 2 aliphatic heterocycles. The zero-order valence-electron chi connectivity index (χ0n) is 21.7. The summed E-state index contributed by atoms with van der Waals surface area (Å²) in [6.07, 6.45) is 5.67. The summed E-state index contributed by atoms with van der Waals surface area (Å²) in [6, 6.07) is 3.51. The summed E-state index contributed by atoms with van der Waals surface area (Å²) in [5.74, 6) is 2.12. The largest absolute Gasteiger partial charge is 0.492 e. The van der Waals surface area contributed by atoms with Crippen LogP contribution in [0.2, 0.25) is 0 Å². The first-order valence-electron chi connectivity index (χ1n) is 12.9. The Morgan fingerprint density at radius 3 is 2.82 bits per heavy atom. The second-order valence-corrected chi connectivity index (χ2v) is 11.0. The van der Waals surface area contributed by atoms with Crippen molar-refractivity contribution in [2.45, 2.75) is 51.7 Å². The fourth-order valence-corrected chi connectivity index (χ4v) is 4.73. The second-order valence-electron chi connectivity index (χ2n) is 11.0. The van der Waals surface area contributed by atoms with Crippen molar-refractivity contribution in [2.75, 3.05) is 26.5 Å². The lowest BCUT2D eigenvalue weighted by atomic mass is 10.1. The Labute approximate surface area is 219 Å². The molecule has 0 spiro atoms. The topological polar surface area (TPSA) is 128 Å². The first-order chi connectivity index (χ1) is 18.3. The number of rotatable bonds is 6. The van der Waals surface area contributed by atoms with Crippen LogP contribution in [0.5, 0.6) is 17.2 Å². The van der Waals surface area contributed by atoms with Gasteiger partial charge in [-0.05, 0) is 58.1 Å². The van der Waals surface area contributed by atoms with E-state index in [2.05, 4.69) is 20.3 Å². The van der Waals surface area contributed by atoms with Gasteiger partial charge in [0, 0.05) is 25.3 Å². The molecule has 1 aromatic carbocycles. The predicted molar refractivity (Wildman–Crippen MR) is 137 cm³/mol. The Morgan fingerprint density at radius 2 is 2.03 bits per heavy atom. The summed E-state index contributed by atoms with van der Waals surface area (Å²) >= 11 is 0. The molecule has 3 aliphatic rings. The van der Waals surface area contributed by atoms with Crippen LogP contribution < -0.4 is 19.5 Å². The van der Waals surface area contributed by atoms with Crippen LogP contribution in [0, 0.1) is 5.92 Å². The molecule has 2 N–H and O–H groups in total. The third kappa shape index (κ3) is 4.80. The van der Waals surface area contributed by atoms with E-state index < -0.39 is 5.60 Å². The van der Waals surface area contributed by atoms with Crippen molar-refractivity contribution in [3.8, 4) is 28.5 Å². The van der Waals surface area contributed by atoms with E-state index in [1.54, 1.807) is 11.1 Å². The standard InChI is InChI=1S/C27H31N5O6/c1-27(2,3)38-26(34)32-9-8-16(11-32)31-25(33)17-10-28-23-21(17)29-13-30-22(23)20-18(35-12-15-4-5-15)6-7-19-24(20)37-14-36-19/h6-7,10,13,15-16,28H,4-5,8-9,11-12,14H2,1-3H3,(H,31,33)/t16-/m1/s1. The van der Waals surface area contributed by atoms with Crippen molar-refractivity contribution in [1.82, 2.24) is 25.2 Å². The summed E-state index contributed by atoms with van der Waals surface area (Å²) < 4.78 is 23.0. The van der Waals surface area contributed by atoms with Gasteiger partial charge in [-0.15, -0.1) is 0 Å². The Bertz CT molecular complexity index is 1390. The number of hydrogen-bond acceptors (Lipinski definition) is 8. The number of hydrogen-bond donors (Lipinski definition) is 2. The number of carbonyl (C=O) groups excluding carboxylic acids is 2. The third-order valence-electron chi connectivity index (χ3n) is 6.79. The maximum absolute atomic E-state index is 13.3. The van der Waals surface area contributed by atoms with Gasteiger partial charge in [0.2, 0.25) is 6.79 Å². The van der Waals surface area contributed by atoms with Crippen LogP contribution in [0.4, 0.5) is 4.79 Å². The minimum atomic E-state index is -0.571. The average Bonchev–Trinajstić information content (AvgIpc) is 3.23. The van der Waals surface area contributed by atoms with Crippen molar-refractivity contribution in [3.63, 3.8) is 0 Å². The molecule has 11 nitrogen and oxygen atoms in total. The molecule has 1 aliphatic carbocycles. The average molecular weight is 522 g/mol. The van der Waals surface area contributed by atoms with E-state index in [1.807, 2.05) is 32.9 Å². The smallest absolute Gasteiger partial charge is 0.410 e. The highest BCUT2D eigenvalue weighted by Crippen LogP contribution is 2.48. The van der Waals surface area contributed by atoms with Gasteiger partial charge in [0.15, 0.2) is 11.5 Å². The normalized spacial score (nSPS) is 18.6. The molecule has 1 saturated carbocycles. The third-order valence-corrected chi connectivity index (χ3v) is 6.79. The van der Waals surface area contributed by atoms with Crippen LogP contribution in [0.15, 0.2) is 24.7 Å². The van der Waals surface area contributed by atoms with Crippen LogP contribution in [0.3, 0.4) is 0 Å². The molecule has 0 unspecified atom stereocenters. The number of nitrogens with one attached hydrogen (secondary N) is 2. The Hall–Kier alpha value is -4.02. The number of ether oxygens (including phenoxy) is 4. The lowest BCUT2D eigenvalue weighted by Gasteiger charge is -2.24. The minimum absolute atomic E-state index is 0.114. The highest BCUT2D eigenvalue weighted by molar-refractivity contribution is 6.08. The number of amides is 2. The molecule has 2 fully saturated rings. The van der Waals surface area contributed by atoms with Gasteiger partial charge in [0.05, 0.1) is 23.3 Å². The lowest BCUT2D eigenvalue weighted by Crippen LogP contribution is -2.40. The maximum Gasteiger partial charge on any atom is 0.410 e. The van der Waals surface area contributed by atoms with Gasteiger partial charge < -0.3 is 34.1 Å². The van der Waals surface area contributed by atoms with E-state index in [1.165, 1.54) is 19.2 Å². The van der Waals surface area contributed by atoms with Crippen LogP contribution in [0.25, 0.3) is 22.3 Å². The van der Waals surface area contributed by atoms with Crippen molar-refractivity contribution in [3.05, 3.63) is 30.2 Å². The van der Waals surface area contributed by atoms with Gasteiger partial charge in [-0.3, -0.25) is 4.79 Å². The summed E-state index contributed by atoms with van der Waals surface area (Å²) in [5, 5.41) is 3.03. The Kier molecular flexibility index (Phi) is 6.00. The van der Waals surface area contributed by atoms with Gasteiger partial charge in [0.1, 0.15) is 28.9 Å². The molecule has 1 saturated heterocycles. The fraction of sp³-hybridized carbons (Fsp3) is 0.481. The van der Waals surface area contributed by atoms with E-state index in [9.17, 15) is 9.59 Å². The summed E-state index contributed by atoms with van der Waals surface area (Å²) in [6.45, 7) is 7.14. The number of benzene rings is 1. The molecular formula is C27H31N5O6. The first kappa shape index (κ1) is 24.3. The monoisotopic (exact) mass is 521 g/mol. The predicted octanol–water partition coefficient (Wildman–Crippen LogP) is 3.88. The number of H-pyrrole nitrogens is 1. The first-order valence-corrected chi connectivity index (χ1v) is 12.9. The van der Waals surface area contributed by atoms with E-state index >= 15 is 0 Å². The zero-order valence-corrected chi connectivity index (χ0v) is 21.7. The van der Waals surface area contributed by atoms with Crippen molar-refractivity contribution < 1.29 is 28.5 Å². The second kappa shape index (κ2) is 9.38. The van der Waals surface area contributed by atoms with Gasteiger partial charge >= 0.3 is 6.09 Å². The van der Waals surface area contributed by atoms with Crippen molar-refractivity contribution >= 4 is 23.0 Å². The molecule has 2 aromatic heterocycles. The highest BCUT2D eigenvalue weighted by atomic mass is 16.7. The summed E-state index contributed by atoms with van der Waals surface area (Å²) in [4.78, 5) is 39.4. The van der Waals surface area contributed by atoms with Gasteiger partial charge in [-0.1, -0.05) is 0 Å². The molecular weight excluding hydrogens is 490 g/mol. The molecule has 4 heterocycles. The number of aromatic nitrogens is 3. The van der Waals surface area contributed by atoms with Crippen LogP contribution in [0.1, 0.15) is 50.4 Å².